The second-order valence-corrected chi connectivity index (χ2v) is 6.71. The largest absolute Gasteiger partial charge is 0.480 e. The third kappa shape index (κ3) is 4.68. The molecule has 0 aromatic rings. The average Bonchev–Trinajstić information content (AvgIpc) is 2.37. The molecule has 1 saturated heterocycles. The summed E-state index contributed by atoms with van der Waals surface area (Å²) in [6, 6.07) is 0.308. The maximum atomic E-state index is 12.0. The first-order valence-corrected chi connectivity index (χ1v) is 7.75. The quantitative estimate of drug-likeness (QED) is 0.760. The van der Waals surface area contributed by atoms with Gasteiger partial charge in [0, 0.05) is 19.1 Å². The molecule has 2 rings (SSSR count). The second-order valence-electron chi connectivity index (χ2n) is 6.71. The van der Waals surface area contributed by atoms with E-state index in [1.54, 1.807) is 0 Å². The van der Waals surface area contributed by atoms with E-state index in [0.29, 0.717) is 31.6 Å². The Labute approximate surface area is 125 Å². The molecule has 0 bridgehead atoms. The van der Waals surface area contributed by atoms with E-state index in [0.717, 1.165) is 6.42 Å². The number of carbonyl (C=O) groups excluding carboxylic acids is 1. The standard InChI is InChI=1S/C15H26N2O4/c1-11-5-3-4-6-12(11)16-13(18)7-17-9-15(2,10-17)21-8-14(19)20/h11-12H,3-10H2,1-2H3,(H,16,18)(H,19,20). The Morgan fingerprint density at radius 3 is 2.62 bits per heavy atom. The number of nitrogens with zero attached hydrogens (tertiary/aromatic N) is 1. The highest BCUT2D eigenvalue weighted by atomic mass is 16.5. The number of carbonyl (C=O) groups is 2. The molecule has 0 radical (unpaired) electrons. The van der Waals surface area contributed by atoms with Crippen LogP contribution in [0.15, 0.2) is 0 Å². The van der Waals surface area contributed by atoms with Crippen LogP contribution in [0.25, 0.3) is 0 Å². The third-order valence-electron chi connectivity index (χ3n) is 4.49. The van der Waals surface area contributed by atoms with Gasteiger partial charge in [0.05, 0.1) is 12.1 Å². The van der Waals surface area contributed by atoms with Crippen molar-refractivity contribution in [2.75, 3.05) is 26.2 Å². The summed E-state index contributed by atoms with van der Waals surface area (Å²) in [4.78, 5) is 24.5. The van der Waals surface area contributed by atoms with Gasteiger partial charge in [0.2, 0.25) is 5.91 Å². The first-order valence-electron chi connectivity index (χ1n) is 7.75. The van der Waals surface area contributed by atoms with E-state index in [4.69, 9.17) is 9.84 Å². The number of carboxylic acids is 1. The Morgan fingerprint density at radius 1 is 1.33 bits per heavy atom. The van der Waals surface area contributed by atoms with Gasteiger partial charge in [-0.3, -0.25) is 9.69 Å². The topological polar surface area (TPSA) is 78.9 Å². The van der Waals surface area contributed by atoms with Gasteiger partial charge in [-0.15, -0.1) is 0 Å². The van der Waals surface area contributed by atoms with Crippen molar-refractivity contribution in [3.63, 3.8) is 0 Å². The van der Waals surface area contributed by atoms with Gasteiger partial charge in [-0.2, -0.15) is 0 Å². The maximum Gasteiger partial charge on any atom is 0.329 e. The Balaban J connectivity index is 1.67. The predicted molar refractivity (Wildman–Crippen MR) is 78.0 cm³/mol. The SMILES string of the molecule is CC1CCCCC1NC(=O)CN1CC(C)(OCC(=O)O)C1. The van der Waals surface area contributed by atoms with E-state index >= 15 is 0 Å². The summed E-state index contributed by atoms with van der Waals surface area (Å²) >= 11 is 0. The number of likely N-dealkylation sites (tertiary alicyclic amines) is 1. The highest BCUT2D eigenvalue weighted by molar-refractivity contribution is 5.78. The summed E-state index contributed by atoms with van der Waals surface area (Å²) in [5.74, 6) is -0.337. The maximum absolute atomic E-state index is 12.0. The summed E-state index contributed by atoms with van der Waals surface area (Å²) in [5, 5.41) is 11.7. The minimum atomic E-state index is -0.960. The van der Waals surface area contributed by atoms with Gasteiger partial charge >= 0.3 is 5.97 Å². The lowest BCUT2D eigenvalue weighted by atomic mass is 9.86. The van der Waals surface area contributed by atoms with Gasteiger partial charge in [-0.25, -0.2) is 4.79 Å². The van der Waals surface area contributed by atoms with Crippen molar-refractivity contribution in [2.24, 2.45) is 5.92 Å². The average molecular weight is 298 g/mol. The summed E-state index contributed by atoms with van der Waals surface area (Å²) < 4.78 is 5.33. The molecule has 1 heterocycles. The van der Waals surface area contributed by atoms with Crippen molar-refractivity contribution in [2.45, 2.75) is 51.2 Å². The van der Waals surface area contributed by atoms with Crippen LogP contribution in [-0.4, -0.2) is 59.8 Å². The lowest BCUT2D eigenvalue weighted by Gasteiger charge is -2.47. The number of rotatable bonds is 6. The van der Waals surface area contributed by atoms with E-state index in [1.807, 2.05) is 11.8 Å². The first kappa shape index (κ1) is 16.2. The molecule has 2 unspecified atom stereocenters. The van der Waals surface area contributed by atoms with E-state index in [1.165, 1.54) is 19.3 Å². The molecule has 120 valence electrons. The van der Waals surface area contributed by atoms with Crippen LogP contribution in [0.3, 0.4) is 0 Å². The monoisotopic (exact) mass is 298 g/mol. The van der Waals surface area contributed by atoms with Crippen LogP contribution in [0.2, 0.25) is 0 Å². The van der Waals surface area contributed by atoms with Crippen LogP contribution in [0.4, 0.5) is 0 Å². The fourth-order valence-corrected chi connectivity index (χ4v) is 3.32. The molecule has 1 aliphatic heterocycles. The minimum absolute atomic E-state index is 0.0639. The van der Waals surface area contributed by atoms with Crippen molar-refractivity contribution in [1.82, 2.24) is 10.2 Å². The molecule has 1 amide bonds. The second kappa shape index (κ2) is 6.75. The van der Waals surface area contributed by atoms with Crippen LogP contribution < -0.4 is 5.32 Å². The number of carboxylic acid groups (broad SMARTS) is 1. The van der Waals surface area contributed by atoms with Gasteiger partial charge in [0.1, 0.15) is 6.61 Å². The van der Waals surface area contributed by atoms with Crippen LogP contribution >= 0.6 is 0 Å². The van der Waals surface area contributed by atoms with Gasteiger partial charge in [-0.05, 0) is 25.7 Å². The number of hydrogen-bond acceptors (Lipinski definition) is 4. The Morgan fingerprint density at radius 2 is 2.00 bits per heavy atom. The molecule has 6 heteroatoms. The number of nitrogens with one attached hydrogen (secondary N) is 1. The smallest absolute Gasteiger partial charge is 0.329 e. The normalized spacial score (nSPS) is 28.7. The zero-order valence-corrected chi connectivity index (χ0v) is 12.9. The molecular formula is C15H26N2O4. The van der Waals surface area contributed by atoms with Crippen molar-refractivity contribution in [3.8, 4) is 0 Å². The van der Waals surface area contributed by atoms with Crippen LogP contribution in [0, 0.1) is 5.92 Å². The molecule has 2 atom stereocenters. The molecule has 0 aromatic heterocycles. The van der Waals surface area contributed by atoms with Gasteiger partial charge in [-0.1, -0.05) is 19.8 Å². The molecule has 6 nitrogen and oxygen atoms in total. The minimum Gasteiger partial charge on any atom is -0.480 e. The molecule has 1 aliphatic carbocycles. The molecule has 2 N–H and O–H groups in total. The summed E-state index contributed by atoms with van der Waals surface area (Å²) in [7, 11) is 0. The number of amides is 1. The lowest BCUT2D eigenvalue weighted by Crippen LogP contribution is -2.63. The van der Waals surface area contributed by atoms with Gasteiger partial charge in [0.15, 0.2) is 0 Å². The van der Waals surface area contributed by atoms with Crippen molar-refractivity contribution in [1.29, 1.82) is 0 Å². The number of hydrogen-bond donors (Lipinski definition) is 2. The van der Waals surface area contributed by atoms with E-state index in [-0.39, 0.29) is 12.5 Å². The lowest BCUT2D eigenvalue weighted by molar-refractivity contribution is -0.166. The Hall–Kier alpha value is -1.14. The van der Waals surface area contributed by atoms with Crippen molar-refractivity contribution < 1.29 is 19.4 Å². The molecule has 2 fully saturated rings. The first-order chi connectivity index (χ1) is 9.88. The van der Waals surface area contributed by atoms with Crippen LogP contribution in [0.5, 0.6) is 0 Å². The highest BCUT2D eigenvalue weighted by Crippen LogP contribution is 2.25. The van der Waals surface area contributed by atoms with Crippen molar-refractivity contribution >= 4 is 11.9 Å². The van der Waals surface area contributed by atoms with Gasteiger partial charge in [0.25, 0.3) is 0 Å². The van der Waals surface area contributed by atoms with E-state index in [2.05, 4.69) is 12.2 Å². The number of ether oxygens (including phenoxy) is 1. The molecule has 21 heavy (non-hydrogen) atoms. The predicted octanol–water partition coefficient (Wildman–Crippen LogP) is 0.857. The van der Waals surface area contributed by atoms with E-state index in [9.17, 15) is 9.59 Å². The molecule has 0 spiro atoms. The Bertz CT molecular complexity index is 393. The number of aliphatic carboxylic acids is 1. The molecular weight excluding hydrogens is 272 g/mol. The van der Waals surface area contributed by atoms with Crippen LogP contribution in [0.1, 0.15) is 39.5 Å². The summed E-state index contributed by atoms with van der Waals surface area (Å²) in [5.41, 5.74) is -0.434. The zero-order chi connectivity index (χ0) is 15.5. The molecule has 0 aromatic carbocycles. The van der Waals surface area contributed by atoms with Crippen LogP contribution in [-0.2, 0) is 14.3 Å². The molecule has 2 aliphatic rings. The Kier molecular flexibility index (Phi) is 5.22. The zero-order valence-electron chi connectivity index (χ0n) is 12.9. The summed E-state index contributed by atoms with van der Waals surface area (Å²) in [6.07, 6.45) is 4.72. The van der Waals surface area contributed by atoms with E-state index < -0.39 is 11.6 Å². The fraction of sp³-hybridized carbons (Fsp3) is 0.867. The summed E-state index contributed by atoms with van der Waals surface area (Å²) in [6.45, 7) is 5.38. The fourth-order valence-electron chi connectivity index (χ4n) is 3.32. The third-order valence-corrected chi connectivity index (χ3v) is 4.49. The van der Waals surface area contributed by atoms with Crippen molar-refractivity contribution in [3.05, 3.63) is 0 Å². The highest BCUT2D eigenvalue weighted by Gasteiger charge is 2.41. The van der Waals surface area contributed by atoms with Gasteiger partial charge < -0.3 is 15.2 Å². The molecule has 1 saturated carbocycles.